The topological polar surface area (TPSA) is 154 Å². The molecule has 1 aliphatic carbocycles. The van der Waals surface area contributed by atoms with Gasteiger partial charge in [0.2, 0.25) is 11.2 Å². The molecule has 13 nitrogen and oxygen atoms in total. The van der Waals surface area contributed by atoms with Crippen LogP contribution in [0.15, 0.2) is 53.5 Å². The van der Waals surface area contributed by atoms with Gasteiger partial charge in [-0.15, -0.1) is 0 Å². The molecule has 55 heavy (non-hydrogen) atoms. The van der Waals surface area contributed by atoms with Crippen LogP contribution in [0.4, 0.5) is 22.8 Å². The second kappa shape index (κ2) is 16.9. The molecule has 0 spiro atoms. The normalized spacial score (nSPS) is 16.3. The number of hydrogen-bond donors (Lipinski definition) is 2. The van der Waals surface area contributed by atoms with Gasteiger partial charge in [-0.05, 0) is 79.2 Å². The molecular formula is C39H47F3N4O9. The zero-order valence-electron chi connectivity index (χ0n) is 32.3. The number of rotatable bonds is 12. The summed E-state index contributed by atoms with van der Waals surface area (Å²) in [5.41, 5.74) is -4.28. The number of methoxy groups -OCH3 is 1. The maximum Gasteiger partial charge on any atom is 0.429 e. The van der Waals surface area contributed by atoms with E-state index in [1.165, 1.54) is 0 Å². The van der Waals surface area contributed by atoms with E-state index in [-0.39, 0.29) is 18.4 Å². The zero-order valence-corrected chi connectivity index (χ0v) is 32.3. The third kappa shape index (κ3) is 10.8. The van der Waals surface area contributed by atoms with Crippen molar-refractivity contribution in [3.63, 3.8) is 0 Å². The molecule has 16 heteroatoms. The first-order valence-corrected chi connectivity index (χ1v) is 17.6. The second-order valence-corrected chi connectivity index (χ2v) is 15.3. The van der Waals surface area contributed by atoms with Gasteiger partial charge in [0.25, 0.3) is 5.91 Å². The highest BCUT2D eigenvalue weighted by molar-refractivity contribution is 5.97. The van der Waals surface area contributed by atoms with Crippen molar-refractivity contribution in [1.82, 2.24) is 15.3 Å². The summed E-state index contributed by atoms with van der Waals surface area (Å²) in [7, 11) is 1.05. The van der Waals surface area contributed by atoms with Crippen LogP contribution in [0.1, 0.15) is 93.8 Å². The van der Waals surface area contributed by atoms with Crippen molar-refractivity contribution in [2.75, 3.05) is 12.1 Å². The summed E-state index contributed by atoms with van der Waals surface area (Å²) < 4.78 is 65.7. The van der Waals surface area contributed by atoms with Crippen molar-refractivity contribution in [1.29, 1.82) is 0 Å². The first-order chi connectivity index (χ1) is 25.6. The molecule has 1 aliphatic rings. The number of halogens is 3. The minimum atomic E-state index is -1.28. The number of nitrogens with one attached hydrogen (secondary N) is 2. The van der Waals surface area contributed by atoms with Gasteiger partial charge in [-0.1, -0.05) is 30.3 Å². The number of carbonyl (C=O) groups is 4. The van der Waals surface area contributed by atoms with Crippen LogP contribution in [-0.4, -0.2) is 59.1 Å². The zero-order chi connectivity index (χ0) is 41.0. The number of amides is 3. The molecule has 4 rings (SSSR count). The summed E-state index contributed by atoms with van der Waals surface area (Å²) in [5, 5.41) is 6.13. The van der Waals surface area contributed by atoms with Crippen LogP contribution in [0.2, 0.25) is 0 Å². The van der Waals surface area contributed by atoms with Crippen LogP contribution in [0.5, 0.6) is 5.75 Å². The van der Waals surface area contributed by atoms with E-state index in [2.05, 4.69) is 10.6 Å². The van der Waals surface area contributed by atoms with Crippen molar-refractivity contribution in [2.24, 2.45) is 11.8 Å². The predicted molar refractivity (Wildman–Crippen MR) is 195 cm³/mol. The second-order valence-electron chi connectivity index (χ2n) is 15.3. The molecule has 4 atom stereocenters. The molecular weight excluding hydrogens is 725 g/mol. The fourth-order valence-electron chi connectivity index (χ4n) is 5.97. The van der Waals surface area contributed by atoms with Crippen molar-refractivity contribution < 1.29 is 51.3 Å². The van der Waals surface area contributed by atoms with E-state index in [9.17, 15) is 37.1 Å². The maximum atomic E-state index is 14.5. The Morgan fingerprint density at radius 2 is 1.53 bits per heavy atom. The lowest BCUT2D eigenvalue weighted by Gasteiger charge is -2.35. The Balaban J connectivity index is 1.85. The number of nitrogens with zero attached hydrogens (tertiary/aromatic N) is 2. The first kappa shape index (κ1) is 42.2. The third-order valence-corrected chi connectivity index (χ3v) is 8.62. The van der Waals surface area contributed by atoms with Gasteiger partial charge < -0.3 is 29.6 Å². The summed E-state index contributed by atoms with van der Waals surface area (Å²) in [6.45, 7) is 12.4. The van der Waals surface area contributed by atoms with E-state index in [4.69, 9.17) is 18.9 Å². The Morgan fingerprint density at radius 3 is 2.09 bits per heavy atom. The van der Waals surface area contributed by atoms with Gasteiger partial charge in [-0.3, -0.25) is 9.59 Å². The lowest BCUT2D eigenvalue weighted by Crippen LogP contribution is -2.53. The molecule has 2 aromatic carbocycles. The lowest BCUT2D eigenvalue weighted by molar-refractivity contribution is 0.0473. The van der Waals surface area contributed by atoms with Crippen molar-refractivity contribution in [3.8, 4) is 5.75 Å². The van der Waals surface area contributed by atoms with Gasteiger partial charge in [-0.2, -0.15) is 0 Å². The molecule has 1 aromatic heterocycles. The minimum absolute atomic E-state index is 0.189. The van der Waals surface area contributed by atoms with Crippen LogP contribution in [0.3, 0.4) is 0 Å². The number of ether oxygens (including phenoxy) is 4. The lowest BCUT2D eigenvalue weighted by atomic mass is 10.1. The Kier molecular flexibility index (Phi) is 12.9. The van der Waals surface area contributed by atoms with Gasteiger partial charge in [-0.25, -0.2) is 37.2 Å². The summed E-state index contributed by atoms with van der Waals surface area (Å²) >= 11 is 0. The average Bonchev–Trinajstić information content (AvgIpc) is 3.87. The molecule has 0 aliphatic heterocycles. The molecule has 0 radical (unpaired) electrons. The molecule has 0 saturated heterocycles. The molecule has 1 fully saturated rings. The fourth-order valence-corrected chi connectivity index (χ4v) is 5.97. The number of hydrogen-bond acceptors (Lipinski definition) is 9. The van der Waals surface area contributed by atoms with Gasteiger partial charge >= 0.3 is 18.2 Å². The van der Waals surface area contributed by atoms with Gasteiger partial charge in [0.1, 0.15) is 40.8 Å². The molecule has 3 amide bonds. The van der Waals surface area contributed by atoms with E-state index < -0.39 is 99.3 Å². The average molecular weight is 773 g/mol. The SMILES string of the molecule is COC(=O)c1c(OCc2ccccc2)c(=O)c(C(=O)NCc2c(F)cc(F)cc2F)cn1N(C(=O)OC(C)(C)C)[C@H](C)[C@@H]1C[C@@H]1[C@H](C)NC(=O)OC(C)(C)C. The number of pyridine rings is 1. The van der Waals surface area contributed by atoms with E-state index in [1.54, 1.807) is 85.7 Å². The minimum Gasteiger partial charge on any atom is -0.482 e. The quantitative estimate of drug-likeness (QED) is 0.158. The number of benzene rings is 2. The van der Waals surface area contributed by atoms with Gasteiger partial charge in [0.05, 0.1) is 13.2 Å². The number of alkyl carbamates (subject to hydrolysis) is 1. The monoisotopic (exact) mass is 772 g/mol. The highest BCUT2D eigenvalue weighted by atomic mass is 19.1. The smallest absolute Gasteiger partial charge is 0.429 e. The van der Waals surface area contributed by atoms with Crippen LogP contribution in [-0.2, 0) is 27.4 Å². The number of carbonyl (C=O) groups excluding carboxylic acids is 4. The summed E-state index contributed by atoms with van der Waals surface area (Å²) in [5.74, 6) is -7.19. The Bertz CT molecular complexity index is 1950. The van der Waals surface area contributed by atoms with Crippen molar-refractivity contribution >= 4 is 24.1 Å². The standard InChI is InChI=1S/C39H47F3N4O9/c1-21(44-36(50)54-38(3,4)5)25-17-26(25)22(2)46(37(51)55-39(6,7)8)45-19-28(34(48)43-18-27-29(41)15-24(40)16-30(27)42)32(47)33(31(45)35(49)52-9)53-20-23-13-11-10-12-14-23/h10-16,19,21-22,25-26H,17-18,20H2,1-9H3,(H,43,48)(H,44,50)/t21-,22+,25+,26-/m0/s1. The summed E-state index contributed by atoms with van der Waals surface area (Å²) in [6, 6.07) is 8.19. The summed E-state index contributed by atoms with van der Waals surface area (Å²) in [6.07, 6.45) is -0.198. The molecule has 298 valence electrons. The van der Waals surface area contributed by atoms with Crippen LogP contribution >= 0.6 is 0 Å². The summed E-state index contributed by atoms with van der Waals surface area (Å²) in [4.78, 5) is 68.2. The first-order valence-electron chi connectivity index (χ1n) is 17.6. The molecule has 2 N–H and O–H groups in total. The Labute approximate surface area is 317 Å². The van der Waals surface area contributed by atoms with Crippen molar-refractivity contribution in [3.05, 3.63) is 98.7 Å². The fraction of sp³-hybridized carbons (Fsp3) is 0.462. The van der Waals surface area contributed by atoms with Gasteiger partial charge in [0, 0.05) is 36.5 Å². The van der Waals surface area contributed by atoms with Crippen molar-refractivity contribution in [2.45, 2.75) is 98.2 Å². The van der Waals surface area contributed by atoms with E-state index in [0.29, 0.717) is 24.1 Å². The van der Waals surface area contributed by atoms with Gasteiger partial charge in [0.15, 0.2) is 5.69 Å². The Morgan fingerprint density at radius 1 is 0.927 bits per heavy atom. The van der Waals surface area contributed by atoms with Crippen LogP contribution < -0.4 is 25.8 Å². The van der Waals surface area contributed by atoms with Crippen LogP contribution in [0, 0.1) is 29.3 Å². The third-order valence-electron chi connectivity index (χ3n) is 8.62. The molecule has 0 bridgehead atoms. The highest BCUT2D eigenvalue weighted by Crippen LogP contribution is 2.45. The number of aromatic nitrogens is 1. The van der Waals surface area contributed by atoms with E-state index in [1.807, 2.05) is 0 Å². The predicted octanol–water partition coefficient (Wildman–Crippen LogP) is 6.37. The van der Waals surface area contributed by atoms with E-state index >= 15 is 0 Å². The van der Waals surface area contributed by atoms with E-state index in [0.717, 1.165) is 23.0 Å². The molecule has 1 heterocycles. The maximum absolute atomic E-state index is 14.5. The molecule has 3 aromatic rings. The Hall–Kier alpha value is -5.54. The molecule has 0 unspecified atom stereocenters. The number of esters is 1. The van der Waals surface area contributed by atoms with Crippen LogP contribution in [0.25, 0.3) is 0 Å². The highest BCUT2D eigenvalue weighted by Gasteiger charge is 2.49. The molecule has 1 saturated carbocycles. The largest absolute Gasteiger partial charge is 0.482 e.